The van der Waals surface area contributed by atoms with E-state index in [0.717, 1.165) is 22.3 Å². The van der Waals surface area contributed by atoms with Gasteiger partial charge < -0.3 is 8.83 Å². The van der Waals surface area contributed by atoms with Crippen molar-refractivity contribution in [3.05, 3.63) is 130 Å². The Balaban J connectivity index is 1.54. The van der Waals surface area contributed by atoms with Gasteiger partial charge in [-0.15, -0.1) is 0 Å². The quantitative estimate of drug-likeness (QED) is 0.299. The number of hydrogen-bond acceptors (Lipinski definition) is 4. The summed E-state index contributed by atoms with van der Waals surface area (Å²) in [5.41, 5.74) is 4.11. The highest BCUT2D eigenvalue weighted by Crippen LogP contribution is 2.33. The summed E-state index contributed by atoms with van der Waals surface area (Å²) in [7, 11) is 0. The van der Waals surface area contributed by atoms with Gasteiger partial charge in [-0.1, -0.05) is 72.8 Å². The molecule has 0 bridgehead atoms. The van der Waals surface area contributed by atoms with Crippen molar-refractivity contribution in [1.29, 1.82) is 0 Å². The molecule has 4 aromatic carbocycles. The molecule has 2 aromatic heterocycles. The van der Waals surface area contributed by atoms with Crippen LogP contribution in [0.15, 0.2) is 128 Å². The lowest BCUT2D eigenvalue weighted by Crippen LogP contribution is -2.01. The van der Waals surface area contributed by atoms with Crippen molar-refractivity contribution >= 4 is 21.9 Å². The second-order valence-electron chi connectivity index (χ2n) is 8.08. The molecule has 0 fully saturated rings. The second kappa shape index (κ2) is 8.01. The molecule has 0 aliphatic rings. The molecule has 0 saturated heterocycles. The molecule has 34 heavy (non-hydrogen) atoms. The van der Waals surface area contributed by atoms with Gasteiger partial charge in [0.1, 0.15) is 22.7 Å². The average Bonchev–Trinajstić information content (AvgIpc) is 2.89. The van der Waals surface area contributed by atoms with Gasteiger partial charge in [0.15, 0.2) is 10.9 Å². The standard InChI is InChI=1S/C30H18O4/c31-25-17-29(33-27-15-5-4-12-23(25)27)21-11-6-10-20(16-21)22-13-7-14-24-26(32)18-28(34-30(22)24)19-8-2-1-3-9-19/h1-18H. The van der Waals surface area contributed by atoms with Gasteiger partial charge in [0.2, 0.25) is 0 Å². The van der Waals surface area contributed by atoms with Crippen molar-refractivity contribution < 1.29 is 8.83 Å². The summed E-state index contributed by atoms with van der Waals surface area (Å²) in [5.74, 6) is 0.999. The van der Waals surface area contributed by atoms with Gasteiger partial charge in [-0.05, 0) is 29.8 Å². The molecule has 2 heterocycles. The zero-order valence-corrected chi connectivity index (χ0v) is 18.0. The van der Waals surface area contributed by atoms with Crippen LogP contribution < -0.4 is 10.9 Å². The van der Waals surface area contributed by atoms with E-state index in [1.807, 2.05) is 78.9 Å². The van der Waals surface area contributed by atoms with E-state index >= 15 is 0 Å². The van der Waals surface area contributed by atoms with Crippen LogP contribution in [0.2, 0.25) is 0 Å². The van der Waals surface area contributed by atoms with Crippen molar-refractivity contribution in [2.45, 2.75) is 0 Å². The number of benzene rings is 4. The predicted molar refractivity (Wildman–Crippen MR) is 135 cm³/mol. The van der Waals surface area contributed by atoms with E-state index in [0.29, 0.717) is 33.5 Å². The van der Waals surface area contributed by atoms with Crippen LogP contribution in [0, 0.1) is 0 Å². The fraction of sp³-hybridized carbons (Fsp3) is 0. The summed E-state index contributed by atoms with van der Waals surface area (Å²) in [6.07, 6.45) is 0. The fourth-order valence-electron chi connectivity index (χ4n) is 4.24. The monoisotopic (exact) mass is 442 g/mol. The summed E-state index contributed by atoms with van der Waals surface area (Å²) in [6, 6.07) is 33.0. The van der Waals surface area contributed by atoms with E-state index < -0.39 is 0 Å². The third kappa shape index (κ3) is 3.42. The van der Waals surface area contributed by atoms with Gasteiger partial charge in [-0.25, -0.2) is 0 Å². The van der Waals surface area contributed by atoms with Crippen LogP contribution >= 0.6 is 0 Å². The molecule has 6 rings (SSSR count). The Morgan fingerprint density at radius 2 is 1.09 bits per heavy atom. The average molecular weight is 442 g/mol. The molecule has 162 valence electrons. The lowest BCUT2D eigenvalue weighted by atomic mass is 9.99. The van der Waals surface area contributed by atoms with E-state index in [9.17, 15) is 9.59 Å². The highest BCUT2D eigenvalue weighted by molar-refractivity contribution is 5.93. The van der Waals surface area contributed by atoms with E-state index in [1.54, 1.807) is 18.2 Å². The fourth-order valence-corrected chi connectivity index (χ4v) is 4.24. The highest BCUT2D eigenvalue weighted by atomic mass is 16.3. The molecule has 0 N–H and O–H groups in total. The molecule has 0 saturated carbocycles. The first kappa shape index (κ1) is 19.9. The molecule has 4 nitrogen and oxygen atoms in total. The molecule has 0 aliphatic heterocycles. The zero-order valence-electron chi connectivity index (χ0n) is 18.0. The van der Waals surface area contributed by atoms with Gasteiger partial charge in [0.25, 0.3) is 0 Å². The maximum Gasteiger partial charge on any atom is 0.193 e. The lowest BCUT2D eigenvalue weighted by Gasteiger charge is -2.10. The largest absolute Gasteiger partial charge is 0.456 e. The smallest absolute Gasteiger partial charge is 0.193 e. The predicted octanol–water partition coefficient (Wildman–Crippen LogP) is 6.90. The zero-order chi connectivity index (χ0) is 23.1. The van der Waals surface area contributed by atoms with Crippen LogP contribution in [0.1, 0.15) is 0 Å². The van der Waals surface area contributed by atoms with Crippen LogP contribution in [0.5, 0.6) is 0 Å². The number of para-hydroxylation sites is 2. The Hall–Kier alpha value is -4.70. The number of hydrogen-bond donors (Lipinski definition) is 0. The Morgan fingerprint density at radius 1 is 0.471 bits per heavy atom. The first-order valence-electron chi connectivity index (χ1n) is 10.9. The van der Waals surface area contributed by atoms with Crippen LogP contribution in [0.25, 0.3) is 55.7 Å². The molecular formula is C30H18O4. The van der Waals surface area contributed by atoms with Crippen LogP contribution in [-0.2, 0) is 0 Å². The maximum absolute atomic E-state index is 12.9. The normalized spacial score (nSPS) is 11.2. The van der Waals surface area contributed by atoms with Crippen LogP contribution in [-0.4, -0.2) is 0 Å². The summed E-state index contributed by atoms with van der Waals surface area (Å²) in [4.78, 5) is 25.5. The van der Waals surface area contributed by atoms with Crippen LogP contribution in [0.3, 0.4) is 0 Å². The van der Waals surface area contributed by atoms with E-state index in [-0.39, 0.29) is 10.9 Å². The van der Waals surface area contributed by atoms with Crippen molar-refractivity contribution in [2.75, 3.05) is 0 Å². The minimum absolute atomic E-state index is 0.0917. The molecule has 0 amide bonds. The Bertz CT molecular complexity index is 1790. The topological polar surface area (TPSA) is 60.4 Å². The van der Waals surface area contributed by atoms with Gasteiger partial charge in [0, 0.05) is 28.8 Å². The van der Waals surface area contributed by atoms with E-state index in [4.69, 9.17) is 8.83 Å². The molecule has 0 atom stereocenters. The van der Waals surface area contributed by atoms with Crippen molar-refractivity contribution in [2.24, 2.45) is 0 Å². The Labute approximate surface area is 194 Å². The maximum atomic E-state index is 12.9. The lowest BCUT2D eigenvalue weighted by molar-refractivity contribution is 0.618. The van der Waals surface area contributed by atoms with Gasteiger partial charge in [-0.2, -0.15) is 0 Å². The molecule has 4 heteroatoms. The molecule has 0 spiro atoms. The molecule has 0 unspecified atom stereocenters. The van der Waals surface area contributed by atoms with Crippen molar-refractivity contribution in [1.82, 2.24) is 0 Å². The minimum atomic E-state index is -0.0985. The molecule has 0 aliphatic carbocycles. The third-order valence-corrected chi connectivity index (χ3v) is 5.91. The molecule has 6 aromatic rings. The SMILES string of the molecule is O=c1cc(-c2cccc(-c3cccc4c(=O)cc(-c5ccccc5)oc34)c2)oc2ccccc12. The summed E-state index contributed by atoms with van der Waals surface area (Å²) in [5, 5.41) is 1.06. The Kier molecular flexibility index (Phi) is 4.70. The van der Waals surface area contributed by atoms with Crippen molar-refractivity contribution in [3.63, 3.8) is 0 Å². The third-order valence-electron chi connectivity index (χ3n) is 5.91. The Morgan fingerprint density at radius 3 is 1.94 bits per heavy atom. The summed E-state index contributed by atoms with van der Waals surface area (Å²) >= 11 is 0. The molecular weight excluding hydrogens is 424 g/mol. The van der Waals surface area contributed by atoms with Gasteiger partial charge in [0.05, 0.1) is 10.8 Å². The summed E-state index contributed by atoms with van der Waals surface area (Å²) in [6.45, 7) is 0. The van der Waals surface area contributed by atoms with E-state index in [2.05, 4.69) is 0 Å². The summed E-state index contributed by atoms with van der Waals surface area (Å²) < 4.78 is 12.3. The van der Waals surface area contributed by atoms with Crippen molar-refractivity contribution in [3.8, 4) is 33.8 Å². The number of fused-ring (bicyclic) bond motifs is 2. The van der Waals surface area contributed by atoms with Gasteiger partial charge >= 0.3 is 0 Å². The first-order valence-corrected chi connectivity index (χ1v) is 10.9. The highest BCUT2D eigenvalue weighted by Gasteiger charge is 2.13. The van der Waals surface area contributed by atoms with Gasteiger partial charge in [-0.3, -0.25) is 9.59 Å². The number of rotatable bonds is 3. The van der Waals surface area contributed by atoms with E-state index in [1.165, 1.54) is 12.1 Å². The minimum Gasteiger partial charge on any atom is -0.456 e. The second-order valence-corrected chi connectivity index (χ2v) is 8.08. The van der Waals surface area contributed by atoms with Crippen LogP contribution in [0.4, 0.5) is 0 Å². The first-order chi connectivity index (χ1) is 16.7. The molecule has 0 radical (unpaired) electrons.